The van der Waals surface area contributed by atoms with Crippen molar-refractivity contribution in [3.8, 4) is 11.5 Å². The highest BCUT2D eigenvalue weighted by Crippen LogP contribution is 2.53. The predicted molar refractivity (Wildman–Crippen MR) is 95.3 cm³/mol. The van der Waals surface area contributed by atoms with E-state index in [0.29, 0.717) is 12.8 Å². The monoisotopic (exact) mass is 323 g/mol. The molecule has 0 radical (unpaired) electrons. The van der Waals surface area contributed by atoms with Gasteiger partial charge in [0.2, 0.25) is 0 Å². The quantitative estimate of drug-likeness (QED) is 0.566. The van der Waals surface area contributed by atoms with E-state index in [9.17, 15) is 7.85 Å². The molecule has 23 heavy (non-hydrogen) atoms. The molecular weight excluding hydrogens is 284 g/mol. The number of aromatic hydroxyl groups is 1. The smallest absolute Gasteiger partial charge is 0.127 e. The Hall–Kier alpha value is -1.44. The molecule has 0 bridgehead atoms. The lowest BCUT2D eigenvalue weighted by atomic mass is 9.68. The lowest BCUT2D eigenvalue weighted by Crippen LogP contribution is -2.45. The van der Waals surface area contributed by atoms with Gasteiger partial charge in [-0.1, -0.05) is 31.4 Å². The molecule has 2 atom stereocenters. The molecule has 2 heteroatoms. The minimum absolute atomic E-state index is 0.222. The molecule has 1 aromatic carbocycles. The number of phenolic OH excluding ortho intramolecular Hbond substituents is 1. The molecule has 3 rings (SSSR count). The normalized spacial score (nSPS) is 42.0. The van der Waals surface area contributed by atoms with E-state index in [2.05, 4.69) is 0 Å². The first kappa shape index (κ1) is 8.60. The molecule has 126 valence electrons. The molecule has 0 unspecified atom stereocenters. The molecule has 1 N–H and O–H groups in total. The fraction of sp³-hybridized carbons (Fsp3) is 0.619. The van der Waals surface area contributed by atoms with Crippen LogP contribution >= 0.6 is 0 Å². The topological polar surface area (TPSA) is 29.5 Å². The van der Waals surface area contributed by atoms with Crippen LogP contribution in [0.1, 0.15) is 89.1 Å². The van der Waals surface area contributed by atoms with Gasteiger partial charge in [0.25, 0.3) is 0 Å². The molecule has 0 amide bonds. The molecule has 0 aromatic heterocycles. The zero-order chi connectivity index (χ0) is 24.7. The average Bonchev–Trinajstić information content (AvgIpc) is 2.70. The summed E-state index contributed by atoms with van der Waals surface area (Å²) in [5.74, 6) is -6.30. The summed E-state index contributed by atoms with van der Waals surface area (Å²) in [6, 6.07) is -1.29. The number of ether oxygens (including phenoxy) is 1. The van der Waals surface area contributed by atoms with Gasteiger partial charge in [-0.2, -0.15) is 0 Å². The fourth-order valence-electron chi connectivity index (χ4n) is 2.97. The molecule has 1 aromatic rings. The lowest BCUT2D eigenvalue weighted by molar-refractivity contribution is 0.0107. The van der Waals surface area contributed by atoms with E-state index in [0.717, 1.165) is 12.8 Å². The second-order valence-corrected chi connectivity index (χ2v) is 6.60. The van der Waals surface area contributed by atoms with Gasteiger partial charge in [-0.25, -0.2) is 0 Å². The summed E-state index contributed by atoms with van der Waals surface area (Å²) in [6.07, 6.45) is -2.97. The fourth-order valence-corrected chi connectivity index (χ4v) is 2.97. The van der Waals surface area contributed by atoms with Gasteiger partial charge in [-0.15, -0.1) is 0 Å². The molecule has 2 nitrogen and oxygen atoms in total. The number of unbranched alkanes of at least 4 members (excludes halogenated alkanes) is 2. The molecule has 2 aliphatic rings. The summed E-state index contributed by atoms with van der Waals surface area (Å²) in [4.78, 5) is 0. The number of phenols is 1. The average molecular weight is 324 g/mol. The van der Waals surface area contributed by atoms with E-state index in [1.165, 1.54) is 20.8 Å². The summed E-state index contributed by atoms with van der Waals surface area (Å²) in [6.45, 7) is 5.90. The predicted octanol–water partition coefficient (Wildman–Crippen LogP) is 5.74. The van der Waals surface area contributed by atoms with Crippen LogP contribution in [0.3, 0.4) is 0 Å². The molecule has 1 aliphatic carbocycles. The Morgan fingerprint density at radius 3 is 2.96 bits per heavy atom. The lowest BCUT2D eigenvalue weighted by Gasteiger charge is -2.46. The minimum Gasteiger partial charge on any atom is -0.507 e. The number of allylic oxidation sites excluding steroid dienone is 2. The number of hydrogen-bond donors (Lipinski definition) is 1. The Morgan fingerprint density at radius 1 is 1.43 bits per heavy atom. The molecule has 0 spiro atoms. The molecule has 0 fully saturated rings. The summed E-state index contributed by atoms with van der Waals surface area (Å²) in [5, 5.41) is 11.0. The standard InChI is InChI=1S/C21H30O2/c1-5-6-7-8-15-12-18(22)20-16-11-14(2)9-10-17(16)21(3,4)23-19(20)13-15/h11-13,16-17,22H,5-10H2,1-4H3/t16-,17-/m1/s1/i9D2,10D2,11D,12D,13D,16D,17D. The van der Waals surface area contributed by atoms with Crippen LogP contribution in [0.5, 0.6) is 11.5 Å². The molecule has 0 saturated carbocycles. The van der Waals surface area contributed by atoms with Crippen LogP contribution in [0.2, 0.25) is 0 Å². The first-order chi connectivity index (χ1) is 14.5. The second kappa shape index (κ2) is 6.22. The van der Waals surface area contributed by atoms with E-state index < -0.39 is 53.5 Å². The maximum absolute atomic E-state index is 11.0. The molecule has 1 heterocycles. The van der Waals surface area contributed by atoms with Crippen LogP contribution < -0.4 is 4.74 Å². The van der Waals surface area contributed by atoms with Crippen molar-refractivity contribution in [1.29, 1.82) is 0 Å². The summed E-state index contributed by atoms with van der Waals surface area (Å²) in [5.41, 5.74) is -2.47. The Bertz CT molecular complexity index is 1000. The van der Waals surface area contributed by atoms with Crippen molar-refractivity contribution >= 4 is 0 Å². The van der Waals surface area contributed by atoms with Gasteiger partial charge in [-0.05, 0) is 64.0 Å². The third-order valence-electron chi connectivity index (χ3n) is 4.17. The van der Waals surface area contributed by atoms with Crippen molar-refractivity contribution in [2.24, 2.45) is 5.89 Å². The maximum atomic E-state index is 11.0. The van der Waals surface area contributed by atoms with E-state index >= 15 is 0 Å². The number of benzene rings is 1. The van der Waals surface area contributed by atoms with Crippen LogP contribution in [-0.4, -0.2) is 10.7 Å². The van der Waals surface area contributed by atoms with Crippen LogP contribution in [0.4, 0.5) is 0 Å². The van der Waals surface area contributed by atoms with Gasteiger partial charge in [-0.3, -0.25) is 0 Å². The first-order valence-corrected chi connectivity index (χ1v) is 8.19. The van der Waals surface area contributed by atoms with E-state index in [-0.39, 0.29) is 22.9 Å². The van der Waals surface area contributed by atoms with Crippen LogP contribution in [0.25, 0.3) is 0 Å². The number of fused-ring (bicyclic) bond motifs is 3. The van der Waals surface area contributed by atoms with E-state index in [1.54, 1.807) is 0 Å². The molecule has 1 aliphatic heterocycles. The van der Waals surface area contributed by atoms with E-state index in [1.807, 2.05) is 6.92 Å². The van der Waals surface area contributed by atoms with Gasteiger partial charge in [0.15, 0.2) is 0 Å². The summed E-state index contributed by atoms with van der Waals surface area (Å²) in [7, 11) is 0. The van der Waals surface area contributed by atoms with Crippen molar-refractivity contribution in [3.63, 3.8) is 0 Å². The number of rotatable bonds is 4. The molecule has 0 saturated heterocycles. The Balaban J connectivity index is 2.47. The Morgan fingerprint density at radius 2 is 2.22 bits per heavy atom. The zero-order valence-electron chi connectivity index (χ0n) is 23.2. The highest BCUT2D eigenvalue weighted by molar-refractivity contribution is 5.53. The van der Waals surface area contributed by atoms with Gasteiger partial charge < -0.3 is 9.84 Å². The van der Waals surface area contributed by atoms with Crippen molar-refractivity contribution < 1.29 is 22.2 Å². The minimum atomic E-state index is -3.01. The van der Waals surface area contributed by atoms with Gasteiger partial charge in [0, 0.05) is 25.6 Å². The maximum Gasteiger partial charge on any atom is 0.127 e. The number of hydrogen-bond acceptors (Lipinski definition) is 2. The second-order valence-electron chi connectivity index (χ2n) is 6.60. The zero-order valence-corrected chi connectivity index (χ0v) is 14.2. The van der Waals surface area contributed by atoms with Crippen molar-refractivity contribution in [2.45, 2.75) is 77.6 Å². The summed E-state index contributed by atoms with van der Waals surface area (Å²) < 4.78 is 84.2. The SMILES string of the molecule is [2H]C1=C(C)C([2H])([2H])C([2H])([2H])[C@@]2([2H])C(C)(C)Oc3c([2H])c(CCCCC)c([2H])c(O)c3[C@]12[2H]. The van der Waals surface area contributed by atoms with Crippen LogP contribution in [-0.2, 0) is 6.42 Å². The van der Waals surface area contributed by atoms with E-state index in [4.69, 9.17) is 14.3 Å². The van der Waals surface area contributed by atoms with Gasteiger partial charge >= 0.3 is 0 Å². The van der Waals surface area contributed by atoms with Gasteiger partial charge in [0.05, 0.1) is 4.11 Å². The van der Waals surface area contributed by atoms with Gasteiger partial charge in [0.1, 0.15) is 17.1 Å². The highest BCUT2D eigenvalue weighted by Gasteiger charge is 2.45. The molecular formula is C21H30O2. The summed E-state index contributed by atoms with van der Waals surface area (Å²) >= 11 is 0. The Kier molecular flexibility index (Phi) is 2.33. The van der Waals surface area contributed by atoms with Crippen LogP contribution in [0, 0.1) is 5.89 Å². The Labute approximate surface area is 153 Å². The van der Waals surface area contributed by atoms with Crippen LogP contribution in [0.15, 0.2) is 23.7 Å². The third-order valence-corrected chi connectivity index (χ3v) is 4.17. The van der Waals surface area contributed by atoms with Crippen molar-refractivity contribution in [1.82, 2.24) is 0 Å². The largest absolute Gasteiger partial charge is 0.507 e. The third kappa shape index (κ3) is 3.13. The first-order valence-electron chi connectivity index (χ1n) is 12.7. The highest BCUT2D eigenvalue weighted by atomic mass is 16.5. The van der Waals surface area contributed by atoms with Crippen molar-refractivity contribution in [2.75, 3.05) is 0 Å². The van der Waals surface area contributed by atoms with Crippen molar-refractivity contribution in [3.05, 3.63) is 34.8 Å².